The zero-order chi connectivity index (χ0) is 35.3. The summed E-state index contributed by atoms with van der Waals surface area (Å²) in [5.74, 6) is 0.934. The third kappa shape index (κ3) is 6.14. The van der Waals surface area contributed by atoms with E-state index in [1.165, 1.54) is 35.5 Å². The van der Waals surface area contributed by atoms with Gasteiger partial charge in [-0.25, -0.2) is 14.8 Å². The van der Waals surface area contributed by atoms with Crippen molar-refractivity contribution in [1.82, 2.24) is 9.97 Å². The summed E-state index contributed by atoms with van der Waals surface area (Å²) in [4.78, 5) is 37.8. The Balaban J connectivity index is 0.923. The van der Waals surface area contributed by atoms with Gasteiger partial charge in [0.05, 0.1) is 16.8 Å². The van der Waals surface area contributed by atoms with Crippen LogP contribution in [0.3, 0.4) is 0 Å². The highest BCUT2D eigenvalue weighted by molar-refractivity contribution is 7.22. The number of ether oxygens (including phenoxy) is 2. The van der Waals surface area contributed by atoms with Gasteiger partial charge in [-0.1, -0.05) is 68.5 Å². The van der Waals surface area contributed by atoms with Gasteiger partial charge < -0.3 is 19.5 Å². The number of thiazole rings is 2. The number of amides is 1. The number of fused-ring (bicyclic) bond motifs is 4. The van der Waals surface area contributed by atoms with Gasteiger partial charge in [0.15, 0.2) is 27.5 Å². The summed E-state index contributed by atoms with van der Waals surface area (Å²) in [6.45, 7) is 8.72. The lowest BCUT2D eigenvalue weighted by Gasteiger charge is -2.39. The van der Waals surface area contributed by atoms with Crippen molar-refractivity contribution < 1.29 is 24.2 Å². The number of aromatic nitrogens is 2. The molecule has 5 aromatic rings. The van der Waals surface area contributed by atoms with Crippen LogP contribution in [0.2, 0.25) is 0 Å². The number of para-hydroxylation sites is 3. The summed E-state index contributed by atoms with van der Waals surface area (Å²) in [5, 5.41) is 14.3. The number of rotatable bonds is 11. The number of aryl methyl sites for hydroxylation is 1. The molecule has 11 heteroatoms. The van der Waals surface area contributed by atoms with Gasteiger partial charge in [-0.2, -0.15) is 0 Å². The van der Waals surface area contributed by atoms with E-state index in [0.717, 1.165) is 50.6 Å². The number of nitrogens with one attached hydrogen (secondary N) is 1. The molecule has 2 fully saturated rings. The Kier molecular flexibility index (Phi) is 8.74. The maximum Gasteiger partial charge on any atom is 0.355 e. The molecule has 3 heterocycles. The van der Waals surface area contributed by atoms with E-state index < -0.39 is 5.97 Å². The number of carboxylic acid groups (broad SMARTS) is 1. The second-order valence-corrected chi connectivity index (χ2v) is 16.8. The number of hydrogen-bond donors (Lipinski definition) is 2. The number of carbonyl (C=O) groups is 2. The molecule has 9 nitrogen and oxygen atoms in total. The van der Waals surface area contributed by atoms with E-state index in [1.807, 2.05) is 60.7 Å². The molecule has 0 spiro atoms. The quantitative estimate of drug-likeness (QED) is 0.130. The van der Waals surface area contributed by atoms with Gasteiger partial charge in [-0.3, -0.25) is 10.1 Å². The van der Waals surface area contributed by atoms with E-state index in [2.05, 4.69) is 47.0 Å². The monoisotopic (exact) mass is 722 g/mol. The number of aromatic carboxylic acids is 1. The lowest BCUT2D eigenvalue weighted by atomic mass is 9.70. The first kappa shape index (κ1) is 33.7. The molecule has 1 amide bonds. The van der Waals surface area contributed by atoms with Crippen LogP contribution < -0.4 is 19.7 Å². The van der Waals surface area contributed by atoms with Crippen molar-refractivity contribution >= 4 is 55.0 Å². The number of carbonyl (C=O) groups excluding carboxylic acids is 1. The van der Waals surface area contributed by atoms with E-state index in [9.17, 15) is 14.7 Å². The number of nitrogens with zero attached hydrogens (tertiary/aromatic N) is 3. The van der Waals surface area contributed by atoms with Gasteiger partial charge >= 0.3 is 5.97 Å². The van der Waals surface area contributed by atoms with Crippen molar-refractivity contribution in [3.05, 3.63) is 94.0 Å². The van der Waals surface area contributed by atoms with Crippen LogP contribution in [0, 0.1) is 16.7 Å². The third-order valence-electron chi connectivity index (χ3n) is 11.8. The van der Waals surface area contributed by atoms with Crippen molar-refractivity contribution in [3.8, 4) is 11.5 Å². The van der Waals surface area contributed by atoms with Gasteiger partial charge in [0.1, 0.15) is 6.10 Å². The predicted octanol–water partition coefficient (Wildman–Crippen LogP) is 8.87. The minimum atomic E-state index is -1.04. The molecular formula is C40H42N4O5S2. The molecule has 8 rings (SSSR count). The molecule has 0 saturated heterocycles. The Morgan fingerprint density at radius 1 is 1.00 bits per heavy atom. The van der Waals surface area contributed by atoms with E-state index in [-0.39, 0.29) is 28.5 Å². The maximum atomic E-state index is 13.5. The Hall–Kier alpha value is -4.48. The van der Waals surface area contributed by atoms with Crippen LogP contribution >= 0.6 is 22.7 Å². The fourth-order valence-corrected chi connectivity index (χ4v) is 10.4. The summed E-state index contributed by atoms with van der Waals surface area (Å²) >= 11 is 2.85. The lowest BCUT2D eigenvalue weighted by molar-refractivity contribution is 0.0281. The Labute approximate surface area is 305 Å². The van der Waals surface area contributed by atoms with Gasteiger partial charge in [0.2, 0.25) is 0 Å². The number of anilines is 2. The number of benzene rings is 3. The first-order valence-corrected chi connectivity index (χ1v) is 19.4. The van der Waals surface area contributed by atoms with Gasteiger partial charge in [-0.15, -0.1) is 11.3 Å². The minimum Gasteiger partial charge on any atom is -0.490 e. The average Bonchev–Trinajstić information content (AvgIpc) is 3.84. The SMILES string of the molecule is CC1(C)[C@H]2CC[C@@]1(C)C(Oc1ccccc1OCCCc1sc(N3CCc4cccc(C(=O)Nc5nc6ccccc6s5)c4C3)nc1C(=O)O)C2. The molecule has 51 heavy (non-hydrogen) atoms. The summed E-state index contributed by atoms with van der Waals surface area (Å²) in [6.07, 6.45) is 5.58. The summed E-state index contributed by atoms with van der Waals surface area (Å²) in [6, 6.07) is 21.5. The second-order valence-electron chi connectivity index (χ2n) is 14.7. The highest BCUT2D eigenvalue weighted by Gasteiger charge is 2.62. The molecule has 264 valence electrons. The first-order valence-electron chi connectivity index (χ1n) is 17.7. The van der Waals surface area contributed by atoms with Crippen LogP contribution in [0.1, 0.15) is 83.3 Å². The molecule has 1 aliphatic heterocycles. The van der Waals surface area contributed by atoms with Crippen molar-refractivity contribution in [2.24, 2.45) is 16.7 Å². The Morgan fingerprint density at radius 2 is 1.80 bits per heavy atom. The van der Waals surface area contributed by atoms with Crippen LogP contribution in [-0.2, 0) is 19.4 Å². The molecule has 2 aromatic heterocycles. The molecule has 0 radical (unpaired) electrons. The molecule has 2 aliphatic carbocycles. The lowest BCUT2D eigenvalue weighted by Crippen LogP contribution is -2.38. The number of hydrogen-bond acceptors (Lipinski definition) is 9. The zero-order valence-electron chi connectivity index (χ0n) is 29.1. The zero-order valence-corrected chi connectivity index (χ0v) is 30.7. The standard InChI is InChI=1S/C40H42N4O5S2/c1-39(2)25-17-19-40(39,3)33(22-25)49-30-14-6-5-13-29(30)48-21-9-16-32-34(36(46)47)42-38(51-32)44-20-18-24-10-8-11-26(27(24)23-44)35(45)43-37-41-28-12-4-7-15-31(28)50-37/h4-8,10-15,25,33H,9,16-23H2,1-3H3,(H,46,47)(H,41,43,45)/t25-,33?,40-/m0/s1. The fraction of sp³-hybridized carbons (Fsp3) is 0.400. The molecule has 3 aromatic carbocycles. The minimum absolute atomic E-state index is 0.0820. The topological polar surface area (TPSA) is 114 Å². The summed E-state index contributed by atoms with van der Waals surface area (Å²) in [5.41, 5.74) is 3.96. The van der Waals surface area contributed by atoms with Crippen LogP contribution in [0.4, 0.5) is 10.3 Å². The molecule has 2 bridgehead atoms. The molecule has 2 N–H and O–H groups in total. The smallest absolute Gasteiger partial charge is 0.355 e. The van der Waals surface area contributed by atoms with Crippen LogP contribution in [0.25, 0.3) is 10.2 Å². The van der Waals surface area contributed by atoms with Crippen LogP contribution in [-0.4, -0.2) is 46.2 Å². The molecule has 3 atom stereocenters. The van der Waals surface area contributed by atoms with E-state index in [1.54, 1.807) is 0 Å². The molecule has 1 unspecified atom stereocenters. The van der Waals surface area contributed by atoms with Crippen molar-refractivity contribution in [2.75, 3.05) is 23.4 Å². The van der Waals surface area contributed by atoms with Crippen LogP contribution in [0.15, 0.2) is 66.7 Å². The normalized spacial score (nSPS) is 21.8. The molecule has 3 aliphatic rings. The van der Waals surface area contributed by atoms with Crippen molar-refractivity contribution in [3.63, 3.8) is 0 Å². The van der Waals surface area contributed by atoms with Crippen LogP contribution in [0.5, 0.6) is 11.5 Å². The van der Waals surface area contributed by atoms with E-state index in [0.29, 0.717) is 54.3 Å². The van der Waals surface area contributed by atoms with E-state index >= 15 is 0 Å². The first-order chi connectivity index (χ1) is 24.6. The molecular weight excluding hydrogens is 681 g/mol. The van der Waals surface area contributed by atoms with Crippen molar-refractivity contribution in [2.45, 2.75) is 71.9 Å². The molecule has 2 saturated carbocycles. The summed E-state index contributed by atoms with van der Waals surface area (Å²) < 4.78 is 13.9. The van der Waals surface area contributed by atoms with Gasteiger partial charge in [0.25, 0.3) is 5.91 Å². The van der Waals surface area contributed by atoms with Gasteiger partial charge in [-0.05, 0) is 91.3 Å². The third-order valence-corrected chi connectivity index (χ3v) is 14.0. The number of carboxylic acids is 1. The average molecular weight is 723 g/mol. The maximum absolute atomic E-state index is 13.5. The summed E-state index contributed by atoms with van der Waals surface area (Å²) in [7, 11) is 0. The van der Waals surface area contributed by atoms with E-state index in [4.69, 9.17) is 9.47 Å². The Bertz CT molecular complexity index is 2090. The van der Waals surface area contributed by atoms with Gasteiger partial charge in [0, 0.05) is 28.9 Å². The second kappa shape index (κ2) is 13.2. The van der Waals surface area contributed by atoms with Crippen molar-refractivity contribution in [1.29, 1.82) is 0 Å². The predicted molar refractivity (Wildman–Crippen MR) is 202 cm³/mol. The largest absolute Gasteiger partial charge is 0.490 e. The Morgan fingerprint density at radius 3 is 2.57 bits per heavy atom. The highest BCUT2D eigenvalue weighted by atomic mass is 32.1. The fourth-order valence-electron chi connectivity index (χ4n) is 8.40. The highest BCUT2D eigenvalue weighted by Crippen LogP contribution is 2.66.